The summed E-state index contributed by atoms with van der Waals surface area (Å²) in [4.78, 5) is 27.0. The van der Waals surface area contributed by atoms with Gasteiger partial charge in [-0.1, -0.05) is 0 Å². The maximum absolute atomic E-state index is 12.1. The first-order chi connectivity index (χ1) is 12.3. The molecule has 0 aliphatic rings. The third-order valence-corrected chi connectivity index (χ3v) is 3.66. The normalized spacial score (nSPS) is 10.9. The molecular formula is C15H13F3N2O5S. The number of carbonyl (C=O) groups excluding carboxylic acids is 2. The predicted octanol–water partition coefficient (Wildman–Crippen LogP) is 2.52. The van der Waals surface area contributed by atoms with Crippen molar-refractivity contribution < 1.29 is 37.0 Å². The zero-order chi connectivity index (χ0) is 19.2. The third-order valence-electron chi connectivity index (χ3n) is 2.81. The van der Waals surface area contributed by atoms with Crippen LogP contribution in [0.2, 0.25) is 0 Å². The number of hydrogen-bond donors (Lipinski definition) is 1. The van der Waals surface area contributed by atoms with Gasteiger partial charge in [0.2, 0.25) is 0 Å². The predicted molar refractivity (Wildman–Crippen MR) is 83.9 cm³/mol. The largest absolute Gasteiger partial charge is 0.573 e. The number of halogens is 3. The molecule has 7 nitrogen and oxygen atoms in total. The van der Waals surface area contributed by atoms with E-state index in [0.29, 0.717) is 5.01 Å². The van der Waals surface area contributed by atoms with Crippen LogP contribution in [0.1, 0.15) is 15.5 Å². The molecular weight excluding hydrogens is 377 g/mol. The van der Waals surface area contributed by atoms with Crippen molar-refractivity contribution in [3.8, 4) is 11.5 Å². The summed E-state index contributed by atoms with van der Waals surface area (Å²) in [5.74, 6) is -1.22. The number of aromatic nitrogens is 1. The number of ether oxygens (including phenoxy) is 3. The smallest absolute Gasteiger partial charge is 0.484 e. The number of nitrogens with one attached hydrogen (secondary N) is 1. The van der Waals surface area contributed by atoms with Crippen LogP contribution in [0.15, 0.2) is 29.6 Å². The SMILES string of the molecule is COC(=O)c1csc(CNC(=O)COc2ccc(OC(F)(F)F)cc2)n1. The number of thiazole rings is 1. The first-order valence-electron chi connectivity index (χ1n) is 7.05. The number of hydrogen-bond acceptors (Lipinski definition) is 7. The van der Waals surface area contributed by atoms with Gasteiger partial charge in [0, 0.05) is 5.38 Å². The second kappa shape index (κ2) is 8.52. The van der Waals surface area contributed by atoms with E-state index in [9.17, 15) is 22.8 Å². The number of rotatable bonds is 7. The van der Waals surface area contributed by atoms with Crippen LogP contribution in [0.25, 0.3) is 0 Å². The summed E-state index contributed by atoms with van der Waals surface area (Å²) in [7, 11) is 1.24. The highest BCUT2D eigenvalue weighted by molar-refractivity contribution is 7.09. The van der Waals surface area contributed by atoms with Gasteiger partial charge in [-0.25, -0.2) is 9.78 Å². The summed E-state index contributed by atoms with van der Waals surface area (Å²) < 4.78 is 49.6. The molecule has 1 aromatic carbocycles. The van der Waals surface area contributed by atoms with E-state index < -0.39 is 18.2 Å². The minimum Gasteiger partial charge on any atom is -0.484 e. The molecule has 1 aromatic heterocycles. The summed E-state index contributed by atoms with van der Waals surface area (Å²) >= 11 is 1.18. The number of nitrogens with zero attached hydrogens (tertiary/aromatic N) is 1. The van der Waals surface area contributed by atoms with Crippen LogP contribution in [-0.4, -0.2) is 36.9 Å². The van der Waals surface area contributed by atoms with Crippen molar-refractivity contribution in [1.82, 2.24) is 10.3 Å². The lowest BCUT2D eigenvalue weighted by atomic mass is 10.3. The summed E-state index contributed by atoms with van der Waals surface area (Å²) in [5, 5.41) is 4.56. The van der Waals surface area contributed by atoms with Crippen molar-refractivity contribution in [2.24, 2.45) is 0 Å². The Morgan fingerprint density at radius 2 is 1.85 bits per heavy atom. The van der Waals surface area contributed by atoms with Gasteiger partial charge >= 0.3 is 12.3 Å². The summed E-state index contributed by atoms with van der Waals surface area (Å²) in [5.41, 5.74) is 0.152. The molecule has 1 heterocycles. The average molecular weight is 390 g/mol. The van der Waals surface area contributed by atoms with Gasteiger partial charge < -0.3 is 19.5 Å². The maximum atomic E-state index is 12.1. The van der Waals surface area contributed by atoms with Crippen LogP contribution in [-0.2, 0) is 16.1 Å². The number of amides is 1. The van der Waals surface area contributed by atoms with Gasteiger partial charge in [-0.05, 0) is 24.3 Å². The minimum atomic E-state index is -4.77. The summed E-state index contributed by atoms with van der Waals surface area (Å²) in [6.45, 7) is -0.239. The van der Waals surface area contributed by atoms with E-state index in [1.54, 1.807) is 0 Å². The second-order valence-electron chi connectivity index (χ2n) is 4.70. The molecule has 11 heteroatoms. The van der Waals surface area contributed by atoms with Crippen molar-refractivity contribution in [1.29, 1.82) is 0 Å². The Hall–Kier alpha value is -2.82. The molecule has 0 saturated heterocycles. The molecule has 2 aromatic rings. The molecule has 0 radical (unpaired) electrons. The van der Waals surface area contributed by atoms with Crippen LogP contribution in [0.3, 0.4) is 0 Å². The fourth-order valence-corrected chi connectivity index (χ4v) is 2.41. The molecule has 2 rings (SSSR count). The standard InChI is InChI=1S/C15H13F3N2O5S/c1-23-14(22)11-8-26-13(20-11)6-19-12(21)7-24-9-2-4-10(5-3-9)25-15(16,17)18/h2-5,8H,6-7H2,1H3,(H,19,21). The Labute approximate surface area is 149 Å². The van der Waals surface area contributed by atoms with Gasteiger partial charge in [0.15, 0.2) is 12.3 Å². The van der Waals surface area contributed by atoms with Gasteiger partial charge in [0.1, 0.15) is 16.5 Å². The zero-order valence-corrected chi connectivity index (χ0v) is 14.1. The average Bonchev–Trinajstić information content (AvgIpc) is 3.06. The van der Waals surface area contributed by atoms with E-state index in [1.807, 2.05) is 0 Å². The van der Waals surface area contributed by atoms with Crippen LogP contribution >= 0.6 is 11.3 Å². The van der Waals surface area contributed by atoms with Gasteiger partial charge in [0.25, 0.3) is 5.91 Å². The number of benzene rings is 1. The molecule has 140 valence electrons. The number of methoxy groups -OCH3 is 1. The quantitative estimate of drug-likeness (QED) is 0.731. The van der Waals surface area contributed by atoms with Crippen molar-refractivity contribution in [3.05, 3.63) is 40.3 Å². The lowest BCUT2D eigenvalue weighted by Gasteiger charge is -2.10. The Morgan fingerprint density at radius 3 is 2.46 bits per heavy atom. The number of carbonyl (C=O) groups is 2. The highest BCUT2D eigenvalue weighted by atomic mass is 32.1. The van der Waals surface area contributed by atoms with Gasteiger partial charge in [0.05, 0.1) is 13.7 Å². The van der Waals surface area contributed by atoms with Crippen LogP contribution < -0.4 is 14.8 Å². The highest BCUT2D eigenvalue weighted by Gasteiger charge is 2.30. The molecule has 0 unspecified atom stereocenters. The first kappa shape index (κ1) is 19.5. The Morgan fingerprint density at radius 1 is 1.19 bits per heavy atom. The molecule has 0 aliphatic carbocycles. The molecule has 1 amide bonds. The molecule has 0 saturated carbocycles. The summed E-state index contributed by atoms with van der Waals surface area (Å²) in [6, 6.07) is 4.64. The monoisotopic (exact) mass is 390 g/mol. The summed E-state index contributed by atoms with van der Waals surface area (Å²) in [6.07, 6.45) is -4.77. The van der Waals surface area contributed by atoms with E-state index >= 15 is 0 Å². The Kier molecular flexibility index (Phi) is 6.39. The molecule has 1 N–H and O–H groups in total. The fourth-order valence-electron chi connectivity index (χ4n) is 1.70. The second-order valence-corrected chi connectivity index (χ2v) is 5.65. The highest BCUT2D eigenvalue weighted by Crippen LogP contribution is 2.24. The fraction of sp³-hybridized carbons (Fsp3) is 0.267. The van der Waals surface area contributed by atoms with Crippen molar-refractivity contribution >= 4 is 23.2 Å². The molecule has 0 fully saturated rings. The molecule has 0 aliphatic heterocycles. The van der Waals surface area contributed by atoms with Crippen LogP contribution in [0.5, 0.6) is 11.5 Å². The van der Waals surface area contributed by atoms with Gasteiger partial charge in [-0.3, -0.25) is 4.79 Å². The number of esters is 1. The van der Waals surface area contributed by atoms with E-state index in [1.165, 1.54) is 36.0 Å². The Bertz CT molecular complexity index is 761. The Balaban J connectivity index is 1.76. The molecule has 26 heavy (non-hydrogen) atoms. The van der Waals surface area contributed by atoms with Crippen molar-refractivity contribution in [2.45, 2.75) is 12.9 Å². The van der Waals surface area contributed by atoms with E-state index in [4.69, 9.17) is 4.74 Å². The van der Waals surface area contributed by atoms with Gasteiger partial charge in [-0.2, -0.15) is 0 Å². The van der Waals surface area contributed by atoms with Crippen molar-refractivity contribution in [3.63, 3.8) is 0 Å². The van der Waals surface area contributed by atoms with Crippen molar-refractivity contribution in [2.75, 3.05) is 13.7 Å². The topological polar surface area (TPSA) is 86.8 Å². The third kappa shape index (κ3) is 6.24. The minimum absolute atomic E-state index is 0.0994. The molecule has 0 bridgehead atoms. The zero-order valence-electron chi connectivity index (χ0n) is 13.3. The maximum Gasteiger partial charge on any atom is 0.573 e. The lowest BCUT2D eigenvalue weighted by Crippen LogP contribution is -2.28. The van der Waals surface area contributed by atoms with Gasteiger partial charge in [-0.15, -0.1) is 24.5 Å². The van der Waals surface area contributed by atoms with E-state index in [0.717, 1.165) is 12.1 Å². The van der Waals surface area contributed by atoms with E-state index in [-0.39, 0.29) is 30.3 Å². The lowest BCUT2D eigenvalue weighted by molar-refractivity contribution is -0.274. The molecule has 0 atom stereocenters. The van der Waals surface area contributed by atoms with Crippen LogP contribution in [0.4, 0.5) is 13.2 Å². The number of alkyl halides is 3. The first-order valence-corrected chi connectivity index (χ1v) is 7.93. The molecule has 0 spiro atoms. The van der Waals surface area contributed by atoms with Crippen LogP contribution in [0, 0.1) is 0 Å². The van der Waals surface area contributed by atoms with E-state index in [2.05, 4.69) is 19.8 Å².